The van der Waals surface area contributed by atoms with Crippen LogP contribution in [0.25, 0.3) is 5.76 Å². The summed E-state index contributed by atoms with van der Waals surface area (Å²) in [6.07, 6.45) is 0. The number of nitro benzene ring substituents is 1. The minimum absolute atomic E-state index is 0.121. The molecule has 1 atom stereocenters. The molecule has 2 N–H and O–H groups in total. The van der Waals surface area contributed by atoms with E-state index in [-0.39, 0.29) is 22.4 Å². The molecule has 10 heteroatoms. The Morgan fingerprint density at radius 3 is 2.38 bits per heavy atom. The molecule has 148 valence electrons. The van der Waals surface area contributed by atoms with Crippen molar-refractivity contribution in [3.05, 3.63) is 80.4 Å². The summed E-state index contributed by atoms with van der Waals surface area (Å²) in [5.41, 5.74) is -0.373. The van der Waals surface area contributed by atoms with Crippen LogP contribution in [0.1, 0.15) is 17.2 Å². The first kappa shape index (κ1) is 20.0. The summed E-state index contributed by atoms with van der Waals surface area (Å²) in [7, 11) is 0. The van der Waals surface area contributed by atoms with Gasteiger partial charge < -0.3 is 15.1 Å². The monoisotopic (exact) mass is 416 g/mol. The average Bonchev–Trinajstić information content (AvgIpc) is 2.92. The number of aliphatic carboxylic acids is 1. The minimum atomic E-state index is -1.38. The molecule has 2 aromatic rings. The largest absolute Gasteiger partial charge is 0.507 e. The van der Waals surface area contributed by atoms with Crippen molar-refractivity contribution in [3.8, 4) is 0 Å². The first-order valence-electron chi connectivity index (χ1n) is 8.21. The molecular formula is C19H13ClN2O7. The number of halogens is 1. The number of hydrogen-bond acceptors (Lipinski definition) is 6. The molecule has 0 bridgehead atoms. The Kier molecular flexibility index (Phi) is 5.33. The number of Topliss-reactive ketones (excluding diaryl/α,β-unsaturated/α-hetero) is 1. The van der Waals surface area contributed by atoms with Gasteiger partial charge in [0.1, 0.15) is 12.3 Å². The fraction of sp³-hybridized carbons (Fsp3) is 0.105. The van der Waals surface area contributed by atoms with Crippen molar-refractivity contribution in [2.45, 2.75) is 6.04 Å². The van der Waals surface area contributed by atoms with E-state index in [2.05, 4.69) is 0 Å². The van der Waals surface area contributed by atoms with E-state index >= 15 is 0 Å². The molecule has 2 aromatic carbocycles. The number of aliphatic hydroxyl groups is 1. The number of likely N-dealkylation sites (tertiary alicyclic amines) is 1. The van der Waals surface area contributed by atoms with Crippen molar-refractivity contribution in [1.29, 1.82) is 0 Å². The summed E-state index contributed by atoms with van der Waals surface area (Å²) >= 11 is 5.82. The summed E-state index contributed by atoms with van der Waals surface area (Å²) in [5, 5.41) is 31.4. The van der Waals surface area contributed by atoms with E-state index in [1.54, 1.807) is 0 Å². The number of nitro groups is 1. The van der Waals surface area contributed by atoms with Crippen LogP contribution in [-0.2, 0) is 14.4 Å². The fourth-order valence-electron chi connectivity index (χ4n) is 3.11. The maximum Gasteiger partial charge on any atom is 0.323 e. The number of carboxylic acid groups (broad SMARTS) is 1. The van der Waals surface area contributed by atoms with Crippen molar-refractivity contribution >= 4 is 40.7 Å². The molecule has 0 saturated carbocycles. The van der Waals surface area contributed by atoms with Gasteiger partial charge in [-0.2, -0.15) is 0 Å². The Morgan fingerprint density at radius 2 is 1.79 bits per heavy atom. The van der Waals surface area contributed by atoms with Crippen LogP contribution in [0.5, 0.6) is 0 Å². The number of ketones is 1. The minimum Gasteiger partial charge on any atom is -0.507 e. The Labute approximate surface area is 168 Å². The van der Waals surface area contributed by atoms with E-state index < -0.39 is 40.9 Å². The Balaban J connectivity index is 2.22. The smallest absolute Gasteiger partial charge is 0.323 e. The molecule has 3 rings (SSSR count). The lowest BCUT2D eigenvalue weighted by Gasteiger charge is -2.23. The van der Waals surface area contributed by atoms with Crippen molar-refractivity contribution in [1.82, 2.24) is 4.90 Å². The van der Waals surface area contributed by atoms with Crippen LogP contribution < -0.4 is 0 Å². The highest BCUT2D eigenvalue weighted by Crippen LogP contribution is 2.40. The number of non-ortho nitro benzene ring substituents is 1. The molecule has 0 spiro atoms. The third-order valence-corrected chi connectivity index (χ3v) is 4.61. The number of carbonyl (C=O) groups excluding carboxylic acids is 2. The van der Waals surface area contributed by atoms with Gasteiger partial charge >= 0.3 is 5.97 Å². The van der Waals surface area contributed by atoms with E-state index in [1.807, 2.05) is 0 Å². The second-order valence-electron chi connectivity index (χ2n) is 6.18. The van der Waals surface area contributed by atoms with Crippen LogP contribution in [0.15, 0.2) is 54.1 Å². The highest BCUT2D eigenvalue weighted by atomic mass is 35.5. The molecule has 0 aromatic heterocycles. The predicted molar refractivity (Wildman–Crippen MR) is 101 cm³/mol. The fourth-order valence-corrected chi connectivity index (χ4v) is 3.23. The molecule has 1 aliphatic heterocycles. The summed E-state index contributed by atoms with van der Waals surface area (Å²) in [5.74, 6) is -4.13. The van der Waals surface area contributed by atoms with E-state index in [9.17, 15) is 29.6 Å². The van der Waals surface area contributed by atoms with Gasteiger partial charge in [-0.05, 0) is 29.8 Å². The zero-order valence-corrected chi connectivity index (χ0v) is 15.4. The van der Waals surface area contributed by atoms with Gasteiger partial charge in [0.25, 0.3) is 17.4 Å². The van der Waals surface area contributed by atoms with Crippen LogP contribution in [0.4, 0.5) is 5.69 Å². The number of aliphatic hydroxyl groups excluding tert-OH is 1. The van der Waals surface area contributed by atoms with Crippen LogP contribution in [0.2, 0.25) is 5.02 Å². The van der Waals surface area contributed by atoms with Gasteiger partial charge in [-0.15, -0.1) is 0 Å². The van der Waals surface area contributed by atoms with Crippen LogP contribution in [0, 0.1) is 10.1 Å². The third kappa shape index (κ3) is 3.81. The van der Waals surface area contributed by atoms with Gasteiger partial charge in [-0.25, -0.2) is 0 Å². The second-order valence-corrected chi connectivity index (χ2v) is 6.62. The molecule has 29 heavy (non-hydrogen) atoms. The van der Waals surface area contributed by atoms with Gasteiger partial charge in [0.2, 0.25) is 0 Å². The zero-order valence-electron chi connectivity index (χ0n) is 14.6. The second kappa shape index (κ2) is 7.72. The van der Waals surface area contributed by atoms with Crippen molar-refractivity contribution in [3.63, 3.8) is 0 Å². The molecule has 1 fully saturated rings. The Bertz CT molecular complexity index is 1060. The third-order valence-electron chi connectivity index (χ3n) is 4.36. The number of rotatable bonds is 5. The lowest BCUT2D eigenvalue weighted by Crippen LogP contribution is -2.34. The van der Waals surface area contributed by atoms with Gasteiger partial charge in [0.15, 0.2) is 0 Å². The lowest BCUT2D eigenvalue weighted by molar-refractivity contribution is -0.384. The maximum absolute atomic E-state index is 12.6. The first-order valence-corrected chi connectivity index (χ1v) is 8.59. The van der Waals surface area contributed by atoms with E-state index in [1.165, 1.54) is 42.5 Å². The van der Waals surface area contributed by atoms with Crippen LogP contribution in [0.3, 0.4) is 0 Å². The van der Waals surface area contributed by atoms with Gasteiger partial charge in [-0.3, -0.25) is 24.5 Å². The normalized spacial score (nSPS) is 18.1. The first-order chi connectivity index (χ1) is 13.7. The highest BCUT2D eigenvalue weighted by molar-refractivity contribution is 6.46. The summed E-state index contributed by atoms with van der Waals surface area (Å²) in [6.45, 7) is -0.824. The van der Waals surface area contributed by atoms with E-state index in [0.717, 1.165) is 11.0 Å². The van der Waals surface area contributed by atoms with Gasteiger partial charge in [0, 0.05) is 22.7 Å². The van der Waals surface area contributed by atoms with Crippen molar-refractivity contribution < 1.29 is 29.5 Å². The van der Waals surface area contributed by atoms with Crippen LogP contribution in [-0.4, -0.2) is 44.2 Å². The van der Waals surface area contributed by atoms with E-state index in [4.69, 9.17) is 16.7 Å². The molecule has 0 unspecified atom stereocenters. The molecule has 9 nitrogen and oxygen atoms in total. The predicted octanol–water partition coefficient (Wildman–Crippen LogP) is 2.75. The summed E-state index contributed by atoms with van der Waals surface area (Å²) in [4.78, 5) is 47.5. The van der Waals surface area contributed by atoms with Crippen molar-refractivity contribution in [2.24, 2.45) is 0 Å². The number of carbonyl (C=O) groups is 3. The van der Waals surface area contributed by atoms with Gasteiger partial charge in [0.05, 0.1) is 16.5 Å². The van der Waals surface area contributed by atoms with E-state index in [0.29, 0.717) is 5.02 Å². The molecule has 1 saturated heterocycles. The highest BCUT2D eigenvalue weighted by Gasteiger charge is 2.47. The zero-order chi connectivity index (χ0) is 21.3. The Hall–Kier alpha value is -3.72. The quantitative estimate of drug-likeness (QED) is 0.251. The topological polar surface area (TPSA) is 138 Å². The number of carboxylic acids is 1. The Morgan fingerprint density at radius 1 is 1.14 bits per heavy atom. The maximum atomic E-state index is 12.6. The molecule has 1 amide bonds. The SMILES string of the molecule is O=C(O)CN1C(=O)C(=O)C(=C(O)c2ccc(Cl)cc2)[C@@H]1c1cccc([N+](=O)[O-])c1. The average molecular weight is 417 g/mol. The van der Waals surface area contributed by atoms with Gasteiger partial charge in [-0.1, -0.05) is 23.7 Å². The molecule has 1 aliphatic rings. The number of benzene rings is 2. The van der Waals surface area contributed by atoms with Crippen LogP contribution >= 0.6 is 11.6 Å². The summed E-state index contributed by atoms with van der Waals surface area (Å²) < 4.78 is 0. The molecule has 1 heterocycles. The lowest BCUT2D eigenvalue weighted by atomic mass is 9.95. The molecular weight excluding hydrogens is 404 g/mol. The molecule has 0 radical (unpaired) electrons. The summed E-state index contributed by atoms with van der Waals surface area (Å²) in [6, 6.07) is 9.57. The standard InChI is InChI=1S/C19H13ClN2O7/c20-12-6-4-10(5-7-12)17(25)15-16(11-2-1-3-13(8-11)22(28)29)21(9-14(23)24)19(27)18(15)26/h1-8,16,25H,9H2,(H,23,24)/t16-/m0/s1. The number of nitrogens with zero attached hydrogens (tertiary/aromatic N) is 2. The molecule has 0 aliphatic carbocycles. The number of hydrogen-bond donors (Lipinski definition) is 2. The number of amides is 1. The van der Waals surface area contributed by atoms with Crippen molar-refractivity contribution in [2.75, 3.05) is 6.54 Å².